The molecule has 0 spiro atoms. The topological polar surface area (TPSA) is 21.3 Å². The Hall–Kier alpha value is -0.930. The molecule has 3 heteroatoms. The lowest BCUT2D eigenvalue weighted by molar-refractivity contribution is -0.0142. The third kappa shape index (κ3) is 3.79. The van der Waals surface area contributed by atoms with Gasteiger partial charge in [0.2, 0.25) is 0 Å². The van der Waals surface area contributed by atoms with Gasteiger partial charge in [0.15, 0.2) is 0 Å². The van der Waals surface area contributed by atoms with E-state index in [1.54, 1.807) is 12.1 Å². The van der Waals surface area contributed by atoms with Gasteiger partial charge in [-0.3, -0.25) is 0 Å². The highest BCUT2D eigenvalue weighted by molar-refractivity contribution is 5.15. The van der Waals surface area contributed by atoms with Crippen LogP contribution in [0.15, 0.2) is 24.3 Å². The lowest BCUT2D eigenvalue weighted by atomic mass is 10.1. The molecule has 0 saturated carbocycles. The first-order valence-corrected chi connectivity index (χ1v) is 6.18. The summed E-state index contributed by atoms with van der Waals surface area (Å²) in [6.07, 6.45) is 2.50. The second-order valence-electron chi connectivity index (χ2n) is 5.30. The molecule has 17 heavy (non-hydrogen) atoms. The highest BCUT2D eigenvalue weighted by Gasteiger charge is 2.30. The van der Waals surface area contributed by atoms with Crippen molar-refractivity contribution in [1.29, 1.82) is 0 Å². The fourth-order valence-corrected chi connectivity index (χ4v) is 2.25. The van der Waals surface area contributed by atoms with Crippen molar-refractivity contribution in [2.45, 2.75) is 44.9 Å². The first kappa shape index (κ1) is 12.5. The zero-order valence-corrected chi connectivity index (χ0v) is 10.5. The summed E-state index contributed by atoms with van der Waals surface area (Å²) in [5.41, 5.74) is 0.993. The minimum absolute atomic E-state index is 0.0190. The zero-order chi connectivity index (χ0) is 12.3. The van der Waals surface area contributed by atoms with E-state index in [2.05, 4.69) is 19.2 Å². The number of hydrogen-bond donors (Lipinski definition) is 1. The lowest BCUT2D eigenvalue weighted by Crippen LogP contribution is -2.29. The van der Waals surface area contributed by atoms with E-state index in [0.29, 0.717) is 12.6 Å². The van der Waals surface area contributed by atoms with Crippen molar-refractivity contribution >= 4 is 0 Å². The molecule has 0 amide bonds. The molecule has 1 unspecified atom stereocenters. The number of halogens is 1. The Morgan fingerprint density at radius 1 is 1.47 bits per heavy atom. The Bertz CT molecular complexity index is 378. The fraction of sp³-hybridized carbons (Fsp3) is 0.571. The Kier molecular flexibility index (Phi) is 3.79. The van der Waals surface area contributed by atoms with E-state index >= 15 is 0 Å². The van der Waals surface area contributed by atoms with E-state index in [9.17, 15) is 4.39 Å². The SMILES string of the molecule is CC1(C)CCC(CNCc2cccc(F)c2)O1. The van der Waals surface area contributed by atoms with Crippen molar-refractivity contribution < 1.29 is 9.13 Å². The molecule has 1 atom stereocenters. The Labute approximate surface area is 102 Å². The molecule has 1 heterocycles. The molecule has 0 aliphatic carbocycles. The average molecular weight is 237 g/mol. The molecule has 94 valence electrons. The summed E-state index contributed by atoms with van der Waals surface area (Å²) in [4.78, 5) is 0. The minimum atomic E-state index is -0.178. The van der Waals surface area contributed by atoms with Crippen LogP contribution in [0.1, 0.15) is 32.3 Å². The molecule has 1 N–H and O–H groups in total. The van der Waals surface area contributed by atoms with Crippen molar-refractivity contribution in [2.75, 3.05) is 6.54 Å². The van der Waals surface area contributed by atoms with Crippen LogP contribution in [0.3, 0.4) is 0 Å². The van der Waals surface area contributed by atoms with Crippen LogP contribution >= 0.6 is 0 Å². The standard InChI is InChI=1S/C14H20FNO/c1-14(2)7-6-13(17-14)10-16-9-11-4-3-5-12(15)8-11/h3-5,8,13,16H,6-7,9-10H2,1-2H3. The number of rotatable bonds is 4. The van der Waals surface area contributed by atoms with Crippen molar-refractivity contribution in [3.8, 4) is 0 Å². The van der Waals surface area contributed by atoms with Crippen LogP contribution in [0.5, 0.6) is 0 Å². The highest BCUT2D eigenvalue weighted by Crippen LogP contribution is 2.28. The Balaban J connectivity index is 1.73. The van der Waals surface area contributed by atoms with Gasteiger partial charge in [0, 0.05) is 13.1 Å². The van der Waals surface area contributed by atoms with Gasteiger partial charge in [-0.25, -0.2) is 4.39 Å². The van der Waals surface area contributed by atoms with Gasteiger partial charge in [0.05, 0.1) is 11.7 Å². The summed E-state index contributed by atoms with van der Waals surface area (Å²) in [6, 6.07) is 6.69. The molecule has 0 aromatic heterocycles. The van der Waals surface area contributed by atoms with E-state index in [-0.39, 0.29) is 11.4 Å². The molecule has 2 rings (SSSR count). The molecule has 2 nitrogen and oxygen atoms in total. The first-order chi connectivity index (χ1) is 8.05. The van der Waals surface area contributed by atoms with Crippen LogP contribution in [0.4, 0.5) is 4.39 Å². The summed E-state index contributed by atoms with van der Waals surface area (Å²) in [5.74, 6) is -0.178. The third-order valence-corrected chi connectivity index (χ3v) is 3.14. The lowest BCUT2D eigenvalue weighted by Gasteiger charge is -2.19. The van der Waals surface area contributed by atoms with Gasteiger partial charge in [-0.05, 0) is 44.4 Å². The quantitative estimate of drug-likeness (QED) is 0.869. The normalized spacial score (nSPS) is 22.9. The van der Waals surface area contributed by atoms with E-state index in [1.807, 2.05) is 6.07 Å². The zero-order valence-electron chi connectivity index (χ0n) is 10.5. The van der Waals surface area contributed by atoms with E-state index in [1.165, 1.54) is 6.07 Å². The van der Waals surface area contributed by atoms with Crippen molar-refractivity contribution in [2.24, 2.45) is 0 Å². The van der Waals surface area contributed by atoms with Gasteiger partial charge in [-0.2, -0.15) is 0 Å². The van der Waals surface area contributed by atoms with Crippen LogP contribution in [0.2, 0.25) is 0 Å². The summed E-state index contributed by atoms with van der Waals surface area (Å²) in [7, 11) is 0. The maximum absolute atomic E-state index is 12.9. The van der Waals surface area contributed by atoms with Gasteiger partial charge in [-0.1, -0.05) is 12.1 Å². The molecule has 1 fully saturated rings. The highest BCUT2D eigenvalue weighted by atomic mass is 19.1. The number of nitrogens with one attached hydrogen (secondary N) is 1. The second-order valence-corrected chi connectivity index (χ2v) is 5.30. The van der Waals surface area contributed by atoms with Gasteiger partial charge >= 0.3 is 0 Å². The van der Waals surface area contributed by atoms with E-state index < -0.39 is 0 Å². The first-order valence-electron chi connectivity index (χ1n) is 6.18. The summed E-state index contributed by atoms with van der Waals surface area (Å²) >= 11 is 0. The number of hydrogen-bond acceptors (Lipinski definition) is 2. The summed E-state index contributed by atoms with van der Waals surface area (Å²) in [6.45, 7) is 5.77. The maximum atomic E-state index is 12.9. The molecule has 1 aliphatic rings. The van der Waals surface area contributed by atoms with Crippen LogP contribution in [-0.4, -0.2) is 18.2 Å². The van der Waals surface area contributed by atoms with Crippen LogP contribution in [-0.2, 0) is 11.3 Å². The predicted octanol–water partition coefficient (Wildman–Crippen LogP) is 2.87. The van der Waals surface area contributed by atoms with Crippen molar-refractivity contribution in [3.63, 3.8) is 0 Å². The van der Waals surface area contributed by atoms with Crippen LogP contribution in [0.25, 0.3) is 0 Å². The Morgan fingerprint density at radius 2 is 2.29 bits per heavy atom. The predicted molar refractivity (Wildman–Crippen MR) is 66.3 cm³/mol. The molecule has 0 bridgehead atoms. The van der Waals surface area contributed by atoms with Gasteiger partial charge in [0.25, 0.3) is 0 Å². The molecule has 1 aromatic rings. The molecular weight excluding hydrogens is 217 g/mol. The fourth-order valence-electron chi connectivity index (χ4n) is 2.25. The summed E-state index contributed by atoms with van der Waals surface area (Å²) < 4.78 is 18.8. The van der Waals surface area contributed by atoms with Gasteiger partial charge in [0.1, 0.15) is 5.82 Å². The maximum Gasteiger partial charge on any atom is 0.123 e. The molecule has 1 aliphatic heterocycles. The van der Waals surface area contributed by atoms with E-state index in [0.717, 1.165) is 24.9 Å². The molecular formula is C14H20FNO. The van der Waals surface area contributed by atoms with Crippen molar-refractivity contribution in [1.82, 2.24) is 5.32 Å². The van der Waals surface area contributed by atoms with Crippen LogP contribution in [0, 0.1) is 5.82 Å². The Morgan fingerprint density at radius 3 is 2.94 bits per heavy atom. The van der Waals surface area contributed by atoms with Gasteiger partial charge < -0.3 is 10.1 Å². The minimum Gasteiger partial charge on any atom is -0.371 e. The molecule has 1 saturated heterocycles. The second kappa shape index (κ2) is 5.15. The number of benzene rings is 1. The van der Waals surface area contributed by atoms with Crippen molar-refractivity contribution in [3.05, 3.63) is 35.6 Å². The largest absolute Gasteiger partial charge is 0.371 e. The molecule has 0 radical (unpaired) electrons. The third-order valence-electron chi connectivity index (χ3n) is 3.14. The average Bonchev–Trinajstić information content (AvgIpc) is 2.58. The monoisotopic (exact) mass is 237 g/mol. The van der Waals surface area contributed by atoms with E-state index in [4.69, 9.17) is 4.74 Å². The smallest absolute Gasteiger partial charge is 0.123 e. The van der Waals surface area contributed by atoms with Crippen LogP contribution < -0.4 is 5.32 Å². The molecule has 1 aromatic carbocycles. The number of ether oxygens (including phenoxy) is 1. The summed E-state index contributed by atoms with van der Waals surface area (Å²) in [5, 5.41) is 3.32. The van der Waals surface area contributed by atoms with Gasteiger partial charge in [-0.15, -0.1) is 0 Å².